The van der Waals surface area contributed by atoms with Crippen molar-refractivity contribution in [2.75, 3.05) is 26.4 Å². The Balaban J connectivity index is 1.79. The summed E-state index contributed by atoms with van der Waals surface area (Å²) in [5.74, 6) is 2.32. The Morgan fingerprint density at radius 1 is 0.455 bits per heavy atom. The summed E-state index contributed by atoms with van der Waals surface area (Å²) in [6, 6.07) is 7.36. The molecule has 0 aliphatic heterocycles. The van der Waals surface area contributed by atoms with Gasteiger partial charge >= 0.3 is 0 Å². The molecule has 234 valence electrons. The molecule has 0 saturated carbocycles. The second-order valence-electron chi connectivity index (χ2n) is 11.3. The fourth-order valence-corrected chi connectivity index (χ4v) is 6.80. The van der Waals surface area contributed by atoms with E-state index >= 15 is 0 Å². The van der Waals surface area contributed by atoms with Crippen LogP contribution in [0.1, 0.15) is 79.1 Å². The molecule has 5 aromatic carbocycles. The van der Waals surface area contributed by atoms with E-state index in [1.165, 1.54) is 0 Å². The number of ether oxygens (including phenoxy) is 4. The quantitative estimate of drug-likeness (QED) is 0.0943. The van der Waals surface area contributed by atoms with Gasteiger partial charge < -0.3 is 18.9 Å². The van der Waals surface area contributed by atoms with Crippen LogP contribution in [0.4, 0.5) is 0 Å². The third kappa shape index (κ3) is 6.04. The third-order valence-electron chi connectivity index (χ3n) is 8.05. The second-order valence-corrected chi connectivity index (χ2v) is 12.9. The van der Waals surface area contributed by atoms with E-state index in [-0.39, 0.29) is 10.9 Å². The summed E-state index contributed by atoms with van der Waals surface area (Å²) in [5.41, 5.74) is -0.389. The van der Waals surface area contributed by atoms with Crippen molar-refractivity contribution in [3.05, 3.63) is 53.7 Å². The molecule has 0 amide bonds. The first-order valence-corrected chi connectivity index (χ1v) is 17.5. The van der Waals surface area contributed by atoms with Crippen LogP contribution in [0, 0.1) is 0 Å². The molecule has 0 fully saturated rings. The predicted molar refractivity (Wildman–Crippen MR) is 188 cm³/mol. The van der Waals surface area contributed by atoms with Gasteiger partial charge in [-0.3, -0.25) is 9.59 Å². The van der Waals surface area contributed by atoms with E-state index in [2.05, 4.69) is 59.6 Å². The average molecular weight is 729 g/mol. The normalized spacial score (nSPS) is 11.8. The van der Waals surface area contributed by atoms with Gasteiger partial charge in [-0.25, -0.2) is 0 Å². The fourth-order valence-electron chi connectivity index (χ4n) is 5.58. The van der Waals surface area contributed by atoms with E-state index in [1.807, 2.05) is 12.1 Å². The summed E-state index contributed by atoms with van der Waals surface area (Å²) in [5, 5.41) is 4.65. The molecule has 0 unspecified atom stereocenters. The summed E-state index contributed by atoms with van der Waals surface area (Å²) < 4.78 is 26.0. The Kier molecular flexibility index (Phi) is 10.7. The van der Waals surface area contributed by atoms with Crippen LogP contribution >= 0.6 is 31.9 Å². The minimum Gasteiger partial charge on any atom is -0.490 e. The lowest BCUT2D eigenvalue weighted by molar-refractivity contribution is 0.262. The van der Waals surface area contributed by atoms with Gasteiger partial charge in [-0.2, -0.15) is 0 Å². The highest BCUT2D eigenvalue weighted by molar-refractivity contribution is 9.13. The smallest absolute Gasteiger partial charge is 0.195 e. The third-order valence-corrected chi connectivity index (χ3v) is 10.2. The lowest BCUT2D eigenvalue weighted by Gasteiger charge is -2.13. The van der Waals surface area contributed by atoms with Crippen LogP contribution in [0.3, 0.4) is 0 Å². The Hall–Kier alpha value is -2.84. The number of hydrogen-bond donors (Lipinski definition) is 0. The molecule has 0 aliphatic carbocycles. The molecule has 5 rings (SSSR count). The zero-order valence-corrected chi connectivity index (χ0v) is 29.2. The zero-order chi connectivity index (χ0) is 31.4. The Morgan fingerprint density at radius 2 is 0.727 bits per heavy atom. The first-order chi connectivity index (χ1) is 21.4. The van der Waals surface area contributed by atoms with Gasteiger partial charge in [0.25, 0.3) is 0 Å². The fraction of sp³-hybridized carbons (Fsp3) is 0.444. The van der Waals surface area contributed by atoms with Crippen LogP contribution in [0.15, 0.2) is 42.8 Å². The van der Waals surface area contributed by atoms with Crippen LogP contribution in [0.5, 0.6) is 23.0 Å². The van der Waals surface area contributed by atoms with Gasteiger partial charge in [0.15, 0.2) is 33.9 Å². The van der Waals surface area contributed by atoms with Crippen molar-refractivity contribution in [3.63, 3.8) is 0 Å². The molecule has 6 nitrogen and oxygen atoms in total. The van der Waals surface area contributed by atoms with E-state index in [4.69, 9.17) is 18.9 Å². The molecule has 0 radical (unpaired) electrons. The zero-order valence-electron chi connectivity index (χ0n) is 26.0. The molecule has 44 heavy (non-hydrogen) atoms. The lowest BCUT2D eigenvalue weighted by atomic mass is 10.1. The summed E-state index contributed by atoms with van der Waals surface area (Å²) in [6.07, 6.45) is 7.60. The van der Waals surface area contributed by atoms with E-state index < -0.39 is 0 Å². The minimum atomic E-state index is -0.195. The number of fused-ring (bicyclic) bond motifs is 7. The van der Waals surface area contributed by atoms with Crippen LogP contribution < -0.4 is 29.8 Å². The maximum absolute atomic E-state index is 14.2. The summed E-state index contributed by atoms with van der Waals surface area (Å²) in [4.78, 5) is 28.4. The highest BCUT2D eigenvalue weighted by atomic mass is 79.9. The Morgan fingerprint density at radius 3 is 1.00 bits per heavy atom. The van der Waals surface area contributed by atoms with Crippen LogP contribution in [-0.4, -0.2) is 26.4 Å². The first-order valence-electron chi connectivity index (χ1n) is 15.9. The minimum absolute atomic E-state index is 0.195. The highest BCUT2D eigenvalue weighted by Crippen LogP contribution is 2.47. The van der Waals surface area contributed by atoms with E-state index in [1.54, 1.807) is 12.1 Å². The standard InChI is InChI=1S/C36H40Br2O6/c1-5-9-13-41-25-17-21-23(19-27(25)43-15-11-7-3)35(39)31-29(21)33(37)34(38)30-22-18-26(42-14-10-6-2)28(44-16-12-8-4)20-24(22)36(40)32(30)31/h17-20H,5-16H2,1-4H3. The molecule has 0 spiro atoms. The van der Waals surface area contributed by atoms with Crippen molar-refractivity contribution in [1.29, 1.82) is 0 Å². The maximum atomic E-state index is 14.2. The van der Waals surface area contributed by atoms with E-state index in [9.17, 15) is 9.59 Å². The molecule has 0 bridgehead atoms. The molecule has 0 saturated heterocycles. The number of unbranched alkanes of at least 4 members (excludes halogenated alkanes) is 4. The van der Waals surface area contributed by atoms with Gasteiger partial charge in [0, 0.05) is 41.3 Å². The van der Waals surface area contributed by atoms with E-state index in [0.717, 1.165) is 71.1 Å². The van der Waals surface area contributed by atoms with Crippen LogP contribution in [0.2, 0.25) is 0 Å². The number of rotatable bonds is 16. The number of halogens is 2. The lowest BCUT2D eigenvalue weighted by Crippen LogP contribution is -2.04. The van der Waals surface area contributed by atoms with Crippen LogP contribution in [0.25, 0.3) is 43.1 Å². The van der Waals surface area contributed by atoms with Gasteiger partial charge in [0.1, 0.15) is 0 Å². The monoisotopic (exact) mass is 726 g/mol. The van der Waals surface area contributed by atoms with Gasteiger partial charge in [-0.1, -0.05) is 53.4 Å². The molecule has 0 N–H and O–H groups in total. The summed E-state index contributed by atoms with van der Waals surface area (Å²) in [7, 11) is 0. The van der Waals surface area contributed by atoms with Gasteiger partial charge in [0.05, 0.1) is 26.4 Å². The Bertz CT molecular complexity index is 1750. The van der Waals surface area contributed by atoms with Crippen molar-refractivity contribution >= 4 is 74.9 Å². The average Bonchev–Trinajstić information content (AvgIpc) is 3.46. The molecule has 8 heteroatoms. The Labute approximate surface area is 274 Å². The molecule has 0 aromatic heterocycles. The SMILES string of the molecule is CCCCOc1cc2c(=O)c3c(c(Br)c(Br)c4c5cc(OCCCC)c(OCCCC)cc5c(=O)c43)c2cc1OCCCC. The largest absolute Gasteiger partial charge is 0.490 e. The van der Waals surface area contributed by atoms with Crippen molar-refractivity contribution < 1.29 is 18.9 Å². The highest BCUT2D eigenvalue weighted by Gasteiger charge is 2.27. The molecule has 0 heterocycles. The van der Waals surface area contributed by atoms with Crippen molar-refractivity contribution in [2.45, 2.75) is 79.1 Å². The van der Waals surface area contributed by atoms with Crippen LogP contribution in [-0.2, 0) is 0 Å². The van der Waals surface area contributed by atoms with Crippen molar-refractivity contribution in [2.24, 2.45) is 0 Å². The molecule has 0 atom stereocenters. The molecule has 5 aromatic rings. The maximum Gasteiger partial charge on any atom is 0.195 e. The number of hydrogen-bond acceptors (Lipinski definition) is 6. The predicted octanol–water partition coefficient (Wildman–Crippen LogP) is 10.1. The van der Waals surface area contributed by atoms with Gasteiger partial charge in [-0.05, 0) is 92.6 Å². The topological polar surface area (TPSA) is 71.1 Å². The first kappa shape index (κ1) is 32.6. The number of benzene rings is 3. The molecular formula is C36H40Br2O6. The van der Waals surface area contributed by atoms with Crippen molar-refractivity contribution in [1.82, 2.24) is 0 Å². The summed E-state index contributed by atoms with van der Waals surface area (Å²) in [6.45, 7) is 10.6. The van der Waals surface area contributed by atoms with E-state index in [0.29, 0.717) is 81.7 Å². The van der Waals surface area contributed by atoms with Gasteiger partial charge in [0.2, 0.25) is 0 Å². The summed E-state index contributed by atoms with van der Waals surface area (Å²) >= 11 is 7.60. The molecular weight excluding hydrogens is 688 g/mol. The second kappa shape index (κ2) is 14.5. The molecule has 0 aliphatic rings. The van der Waals surface area contributed by atoms with Gasteiger partial charge in [-0.15, -0.1) is 0 Å². The van der Waals surface area contributed by atoms with Crippen molar-refractivity contribution in [3.8, 4) is 23.0 Å².